The number of rotatable bonds is 5. The summed E-state index contributed by atoms with van der Waals surface area (Å²) in [4.78, 5) is 2.39. The molecule has 0 atom stereocenters. The van der Waals surface area contributed by atoms with Gasteiger partial charge in [0.15, 0.2) is 0 Å². The van der Waals surface area contributed by atoms with E-state index in [1.54, 1.807) is 0 Å². The zero-order chi connectivity index (χ0) is 35.6. The maximum atomic E-state index is 2.49. The molecule has 0 N–H and O–H groups in total. The van der Waals surface area contributed by atoms with Gasteiger partial charge in [0.2, 0.25) is 0 Å². The van der Waals surface area contributed by atoms with Gasteiger partial charge < -0.3 is 4.90 Å². The van der Waals surface area contributed by atoms with Crippen molar-refractivity contribution in [3.8, 4) is 44.5 Å². The summed E-state index contributed by atoms with van der Waals surface area (Å²) in [5.41, 5.74) is 18.6. The molecule has 0 heterocycles. The molecule has 0 amide bonds. The van der Waals surface area contributed by atoms with Crippen LogP contribution in [-0.2, 0) is 5.41 Å². The predicted octanol–water partition coefficient (Wildman–Crippen LogP) is 14.0. The first-order chi connectivity index (χ1) is 26.8. The normalized spacial score (nSPS) is 13.0. The van der Waals surface area contributed by atoms with Crippen LogP contribution >= 0.6 is 0 Å². The zero-order valence-corrected chi connectivity index (χ0v) is 29.7. The fourth-order valence-electron chi connectivity index (χ4n) is 9.28. The van der Waals surface area contributed by atoms with Crippen LogP contribution in [0.1, 0.15) is 22.3 Å². The second-order valence-corrected chi connectivity index (χ2v) is 14.5. The second kappa shape index (κ2) is 12.0. The van der Waals surface area contributed by atoms with E-state index in [4.69, 9.17) is 0 Å². The summed E-state index contributed by atoms with van der Waals surface area (Å²) in [7, 11) is 0. The van der Waals surface area contributed by atoms with Crippen LogP contribution in [0.4, 0.5) is 17.1 Å². The van der Waals surface area contributed by atoms with E-state index in [-0.39, 0.29) is 5.41 Å². The van der Waals surface area contributed by atoms with Gasteiger partial charge in [0.1, 0.15) is 0 Å². The van der Waals surface area contributed by atoms with E-state index < -0.39 is 0 Å². The predicted molar refractivity (Wildman–Crippen MR) is 226 cm³/mol. The monoisotopic (exact) mass is 685 g/mol. The van der Waals surface area contributed by atoms with E-state index in [0.717, 1.165) is 17.1 Å². The lowest BCUT2D eigenvalue weighted by atomic mass is 9.70. The highest BCUT2D eigenvalue weighted by Crippen LogP contribution is 2.63. The topological polar surface area (TPSA) is 3.24 Å². The van der Waals surface area contributed by atoms with E-state index >= 15 is 0 Å². The van der Waals surface area contributed by atoms with Crippen molar-refractivity contribution >= 4 is 27.8 Å². The van der Waals surface area contributed by atoms with Crippen LogP contribution in [0.3, 0.4) is 0 Å². The van der Waals surface area contributed by atoms with Crippen molar-refractivity contribution in [2.75, 3.05) is 4.90 Å². The van der Waals surface area contributed by atoms with Crippen LogP contribution in [0.15, 0.2) is 212 Å². The van der Waals surface area contributed by atoms with Gasteiger partial charge in [0.05, 0.1) is 5.41 Å². The highest BCUT2D eigenvalue weighted by Gasteiger charge is 2.51. The quantitative estimate of drug-likeness (QED) is 0.174. The first kappa shape index (κ1) is 30.6. The van der Waals surface area contributed by atoms with Crippen LogP contribution < -0.4 is 4.90 Å². The zero-order valence-electron chi connectivity index (χ0n) is 29.7. The summed E-state index contributed by atoms with van der Waals surface area (Å²) >= 11 is 0. The van der Waals surface area contributed by atoms with Gasteiger partial charge in [0.25, 0.3) is 0 Å². The Hall–Kier alpha value is -6.96. The lowest BCUT2D eigenvalue weighted by Gasteiger charge is -2.30. The fraction of sp³-hybridized carbons (Fsp3) is 0.0189. The Morgan fingerprint density at radius 2 is 0.667 bits per heavy atom. The maximum absolute atomic E-state index is 2.49. The lowest BCUT2D eigenvalue weighted by Crippen LogP contribution is -2.25. The average molecular weight is 686 g/mol. The van der Waals surface area contributed by atoms with E-state index in [0.29, 0.717) is 0 Å². The number of fused-ring (bicyclic) bond motifs is 11. The van der Waals surface area contributed by atoms with E-state index in [9.17, 15) is 0 Å². The molecule has 1 heteroatoms. The minimum Gasteiger partial charge on any atom is -0.310 e. The third kappa shape index (κ3) is 4.52. The van der Waals surface area contributed by atoms with Crippen molar-refractivity contribution in [2.24, 2.45) is 0 Å². The third-order valence-corrected chi connectivity index (χ3v) is 11.7. The van der Waals surface area contributed by atoms with Crippen LogP contribution in [0.2, 0.25) is 0 Å². The number of nitrogens with zero attached hydrogens (tertiary/aromatic N) is 1. The van der Waals surface area contributed by atoms with Gasteiger partial charge in [-0.1, -0.05) is 164 Å². The smallest absolute Gasteiger partial charge is 0.0725 e. The Kier molecular flexibility index (Phi) is 6.84. The SMILES string of the molecule is c1ccc(-c2ccc(N(c3ccc(-c4ccccc4)cc3)c3ccc4cc5c(cc4c3)C3(c4ccccc4-c4ccccc43)c3ccccc3-5)cc2)cc1. The Morgan fingerprint density at radius 1 is 0.259 bits per heavy atom. The first-order valence-corrected chi connectivity index (χ1v) is 18.8. The van der Waals surface area contributed by atoms with Gasteiger partial charge in [-0.2, -0.15) is 0 Å². The minimum atomic E-state index is -0.371. The molecule has 54 heavy (non-hydrogen) atoms. The van der Waals surface area contributed by atoms with Gasteiger partial charge in [0, 0.05) is 17.1 Å². The molecule has 2 aliphatic carbocycles. The molecule has 0 aromatic heterocycles. The third-order valence-electron chi connectivity index (χ3n) is 11.7. The standard InChI is InChI=1S/C53H35N/c1-3-13-36(14-4-1)38-23-28-42(29-24-38)54(43-30-25-39(26-31-43)37-15-5-2-6-16-37)44-32-27-40-34-48-47-19-9-12-22-51(47)53(52(48)35-41(40)33-44)49-20-10-7-17-45(49)46-18-8-11-21-50(46)53/h1-35H. The number of anilines is 3. The summed E-state index contributed by atoms with van der Waals surface area (Å²) in [6.45, 7) is 0. The van der Waals surface area contributed by atoms with Gasteiger partial charge >= 0.3 is 0 Å². The molecule has 0 fully saturated rings. The van der Waals surface area contributed by atoms with E-state index in [1.165, 1.54) is 77.5 Å². The maximum Gasteiger partial charge on any atom is 0.0725 e. The largest absolute Gasteiger partial charge is 0.310 e. The Labute approximate surface area is 316 Å². The molecule has 0 saturated carbocycles. The van der Waals surface area contributed by atoms with Crippen molar-refractivity contribution < 1.29 is 0 Å². The minimum absolute atomic E-state index is 0.371. The summed E-state index contributed by atoms with van der Waals surface area (Å²) in [6, 6.07) is 78.1. The summed E-state index contributed by atoms with van der Waals surface area (Å²) in [6.07, 6.45) is 0. The van der Waals surface area contributed by atoms with Crippen molar-refractivity contribution in [3.63, 3.8) is 0 Å². The molecule has 0 radical (unpaired) electrons. The van der Waals surface area contributed by atoms with Crippen molar-refractivity contribution in [3.05, 3.63) is 235 Å². The second-order valence-electron chi connectivity index (χ2n) is 14.5. The van der Waals surface area contributed by atoms with Crippen molar-refractivity contribution in [1.82, 2.24) is 0 Å². The molecule has 0 aliphatic heterocycles. The number of benzene rings is 9. The van der Waals surface area contributed by atoms with Crippen molar-refractivity contribution in [1.29, 1.82) is 0 Å². The summed E-state index contributed by atoms with van der Waals surface area (Å²) in [5.74, 6) is 0. The van der Waals surface area contributed by atoms with Crippen LogP contribution in [0.5, 0.6) is 0 Å². The fourth-order valence-corrected chi connectivity index (χ4v) is 9.28. The highest BCUT2D eigenvalue weighted by atomic mass is 15.1. The molecule has 0 unspecified atom stereocenters. The van der Waals surface area contributed by atoms with Crippen LogP contribution in [0, 0.1) is 0 Å². The number of hydrogen-bond donors (Lipinski definition) is 0. The molecule has 9 aromatic rings. The molecular weight excluding hydrogens is 651 g/mol. The van der Waals surface area contributed by atoms with E-state index in [2.05, 4.69) is 217 Å². The summed E-state index contributed by atoms with van der Waals surface area (Å²) < 4.78 is 0. The molecule has 252 valence electrons. The molecule has 1 spiro atoms. The highest BCUT2D eigenvalue weighted by molar-refractivity contribution is 6.01. The van der Waals surface area contributed by atoms with Crippen LogP contribution in [0.25, 0.3) is 55.3 Å². The van der Waals surface area contributed by atoms with Gasteiger partial charge in [-0.15, -0.1) is 0 Å². The molecular formula is C53H35N. The molecule has 1 nitrogen and oxygen atoms in total. The van der Waals surface area contributed by atoms with Gasteiger partial charge in [-0.25, -0.2) is 0 Å². The Balaban J connectivity index is 1.10. The van der Waals surface area contributed by atoms with Crippen LogP contribution in [-0.4, -0.2) is 0 Å². The average Bonchev–Trinajstić information content (AvgIpc) is 3.71. The van der Waals surface area contributed by atoms with Gasteiger partial charge in [-0.05, 0) is 126 Å². The van der Waals surface area contributed by atoms with E-state index in [1.807, 2.05) is 0 Å². The molecule has 9 aromatic carbocycles. The molecule has 11 rings (SSSR count). The Bertz CT molecular complexity index is 2720. The van der Waals surface area contributed by atoms with Crippen molar-refractivity contribution in [2.45, 2.75) is 5.41 Å². The first-order valence-electron chi connectivity index (χ1n) is 18.8. The summed E-state index contributed by atoms with van der Waals surface area (Å²) in [5, 5.41) is 2.47. The molecule has 0 saturated heterocycles. The molecule has 2 aliphatic rings. The lowest BCUT2D eigenvalue weighted by molar-refractivity contribution is 0.795. The Morgan fingerprint density at radius 3 is 1.17 bits per heavy atom. The molecule has 0 bridgehead atoms. The number of hydrogen-bond acceptors (Lipinski definition) is 1. The van der Waals surface area contributed by atoms with Gasteiger partial charge in [-0.3, -0.25) is 0 Å².